The SMILES string of the molecule is CC[C@]1(NC(=O)N(C)C)[C@@H](N)[C@H](Nc2cccc(C(C)=O)c2)[C@](O)(CO)[C@]1(C)O. The number of aliphatic hydroxyl groups excluding tert-OH is 1. The zero-order chi connectivity index (χ0) is 22.2. The second kappa shape index (κ2) is 7.91. The summed E-state index contributed by atoms with van der Waals surface area (Å²) >= 11 is 0. The number of Topliss-reactive ketones (excluding diaryl/α,β-unsaturated/α-hetero) is 1. The number of urea groups is 1. The normalized spacial score (nSPS) is 34.0. The van der Waals surface area contributed by atoms with E-state index in [1.807, 2.05) is 0 Å². The number of nitrogens with zero attached hydrogens (tertiary/aromatic N) is 1. The lowest BCUT2D eigenvalue weighted by Crippen LogP contribution is -2.72. The standard InChI is InChI=1S/C20H32N4O5/c1-6-19(23-17(27)24(4)5)15(21)16(20(29,11-25)18(19,3)28)22-14-9-7-8-13(10-14)12(2)26/h7-10,15-16,22,25,28-29H,6,11,21H2,1-5H3,(H,23,27)/t15-,16-,18+,19-,20+/m0/s1. The van der Waals surface area contributed by atoms with E-state index < -0.39 is 41.5 Å². The minimum absolute atomic E-state index is 0.130. The summed E-state index contributed by atoms with van der Waals surface area (Å²) in [5.74, 6) is -0.130. The van der Waals surface area contributed by atoms with E-state index in [1.165, 1.54) is 18.7 Å². The van der Waals surface area contributed by atoms with Gasteiger partial charge in [-0.25, -0.2) is 4.79 Å². The van der Waals surface area contributed by atoms with Crippen LogP contribution in [0.3, 0.4) is 0 Å². The van der Waals surface area contributed by atoms with E-state index in [1.54, 1.807) is 45.3 Å². The molecular formula is C20H32N4O5. The summed E-state index contributed by atoms with van der Waals surface area (Å²) in [5.41, 5.74) is 1.98. The molecule has 9 nitrogen and oxygen atoms in total. The van der Waals surface area contributed by atoms with Gasteiger partial charge in [-0.3, -0.25) is 4.79 Å². The van der Waals surface area contributed by atoms with Crippen LogP contribution in [0.25, 0.3) is 0 Å². The lowest BCUT2D eigenvalue weighted by atomic mass is 9.74. The number of carbonyl (C=O) groups is 2. The van der Waals surface area contributed by atoms with Crippen LogP contribution in [-0.2, 0) is 0 Å². The second-order valence-corrected chi connectivity index (χ2v) is 8.09. The molecule has 5 atom stereocenters. The number of anilines is 1. The molecule has 0 aliphatic heterocycles. The summed E-state index contributed by atoms with van der Waals surface area (Å²) in [6, 6.07) is 4.15. The van der Waals surface area contributed by atoms with Crippen LogP contribution in [0.5, 0.6) is 0 Å². The summed E-state index contributed by atoms with van der Waals surface area (Å²) in [7, 11) is 3.10. The lowest BCUT2D eigenvalue weighted by Gasteiger charge is -2.46. The van der Waals surface area contributed by atoms with Gasteiger partial charge in [0, 0.05) is 25.3 Å². The van der Waals surface area contributed by atoms with Crippen molar-refractivity contribution in [1.29, 1.82) is 0 Å². The molecule has 1 saturated carbocycles. The van der Waals surface area contributed by atoms with Crippen molar-refractivity contribution in [2.45, 2.75) is 56.0 Å². The van der Waals surface area contributed by atoms with Gasteiger partial charge in [-0.05, 0) is 32.4 Å². The van der Waals surface area contributed by atoms with Gasteiger partial charge in [0.1, 0.15) is 11.2 Å². The molecule has 0 aromatic heterocycles. The minimum Gasteiger partial charge on any atom is -0.393 e. The van der Waals surface area contributed by atoms with Crippen LogP contribution < -0.4 is 16.4 Å². The summed E-state index contributed by atoms with van der Waals surface area (Å²) in [6.07, 6.45) is 0.203. The van der Waals surface area contributed by atoms with Gasteiger partial charge in [0.25, 0.3) is 0 Å². The Balaban J connectivity index is 2.53. The summed E-state index contributed by atoms with van der Waals surface area (Å²) in [4.78, 5) is 25.4. The maximum absolute atomic E-state index is 12.4. The van der Waals surface area contributed by atoms with Crippen molar-refractivity contribution in [3.05, 3.63) is 29.8 Å². The van der Waals surface area contributed by atoms with Gasteiger partial charge in [0.2, 0.25) is 0 Å². The van der Waals surface area contributed by atoms with E-state index in [4.69, 9.17) is 5.73 Å². The van der Waals surface area contributed by atoms with E-state index in [0.29, 0.717) is 11.3 Å². The topological polar surface area (TPSA) is 148 Å². The molecule has 1 aromatic carbocycles. The molecular weight excluding hydrogens is 376 g/mol. The maximum Gasteiger partial charge on any atom is 0.317 e. The Hall–Kier alpha value is -2.20. The fourth-order valence-electron chi connectivity index (χ4n) is 4.24. The van der Waals surface area contributed by atoms with Gasteiger partial charge in [0.05, 0.1) is 24.2 Å². The number of hydrogen-bond donors (Lipinski definition) is 6. The molecule has 9 heteroatoms. The highest BCUT2D eigenvalue weighted by Gasteiger charge is 2.73. The number of ketones is 1. The van der Waals surface area contributed by atoms with Crippen LogP contribution in [-0.4, -0.2) is 81.6 Å². The number of nitrogens with one attached hydrogen (secondary N) is 2. The maximum atomic E-state index is 12.4. The first kappa shape index (κ1) is 23.1. The fourth-order valence-corrected chi connectivity index (χ4v) is 4.24. The molecule has 0 spiro atoms. The monoisotopic (exact) mass is 408 g/mol. The van der Waals surface area contributed by atoms with Crippen LogP contribution in [0.1, 0.15) is 37.6 Å². The Bertz CT molecular complexity index is 784. The largest absolute Gasteiger partial charge is 0.393 e. The van der Waals surface area contributed by atoms with Crippen LogP contribution in [0, 0.1) is 0 Å². The average molecular weight is 408 g/mol. The molecule has 0 unspecified atom stereocenters. The van der Waals surface area contributed by atoms with Gasteiger partial charge < -0.3 is 36.6 Å². The van der Waals surface area contributed by atoms with Crippen molar-refractivity contribution < 1.29 is 24.9 Å². The molecule has 0 bridgehead atoms. The van der Waals surface area contributed by atoms with Gasteiger partial charge >= 0.3 is 6.03 Å². The van der Waals surface area contributed by atoms with E-state index >= 15 is 0 Å². The van der Waals surface area contributed by atoms with Gasteiger partial charge in [-0.2, -0.15) is 0 Å². The molecule has 0 heterocycles. The van der Waals surface area contributed by atoms with Crippen molar-refractivity contribution in [1.82, 2.24) is 10.2 Å². The Morgan fingerprint density at radius 1 is 1.28 bits per heavy atom. The van der Waals surface area contributed by atoms with E-state index in [0.717, 1.165) is 0 Å². The predicted molar refractivity (Wildman–Crippen MR) is 110 cm³/mol. The zero-order valence-corrected chi connectivity index (χ0v) is 17.6. The van der Waals surface area contributed by atoms with Gasteiger partial charge in [-0.1, -0.05) is 19.1 Å². The average Bonchev–Trinajstić information content (AvgIpc) is 2.79. The third-order valence-electron chi connectivity index (χ3n) is 6.28. The minimum atomic E-state index is -2.08. The molecule has 29 heavy (non-hydrogen) atoms. The number of benzene rings is 1. The zero-order valence-electron chi connectivity index (χ0n) is 17.6. The summed E-state index contributed by atoms with van der Waals surface area (Å²) in [6.45, 7) is 3.74. The molecule has 1 fully saturated rings. The first-order valence-electron chi connectivity index (χ1n) is 9.56. The third kappa shape index (κ3) is 3.48. The van der Waals surface area contributed by atoms with E-state index in [2.05, 4.69) is 10.6 Å². The van der Waals surface area contributed by atoms with Crippen molar-refractivity contribution >= 4 is 17.5 Å². The Morgan fingerprint density at radius 3 is 2.38 bits per heavy atom. The Kier molecular flexibility index (Phi) is 6.29. The van der Waals surface area contributed by atoms with Crippen molar-refractivity contribution in [2.75, 3.05) is 26.0 Å². The van der Waals surface area contributed by atoms with Crippen molar-refractivity contribution in [3.8, 4) is 0 Å². The molecule has 1 aliphatic rings. The molecule has 7 N–H and O–H groups in total. The molecule has 162 valence electrons. The molecule has 0 radical (unpaired) electrons. The number of aliphatic hydroxyl groups is 3. The van der Waals surface area contributed by atoms with Crippen LogP contribution in [0.4, 0.5) is 10.5 Å². The van der Waals surface area contributed by atoms with Crippen LogP contribution in [0.2, 0.25) is 0 Å². The molecule has 1 aromatic rings. The van der Waals surface area contributed by atoms with Gasteiger partial charge in [0.15, 0.2) is 5.78 Å². The van der Waals surface area contributed by atoms with E-state index in [9.17, 15) is 24.9 Å². The first-order chi connectivity index (χ1) is 13.4. The molecule has 0 saturated heterocycles. The lowest BCUT2D eigenvalue weighted by molar-refractivity contribution is -0.171. The molecule has 2 amide bonds. The Labute approximate surface area is 170 Å². The first-order valence-corrected chi connectivity index (χ1v) is 9.56. The quantitative estimate of drug-likeness (QED) is 0.360. The number of amides is 2. The van der Waals surface area contributed by atoms with Gasteiger partial charge in [-0.15, -0.1) is 0 Å². The predicted octanol–water partition coefficient (Wildman–Crippen LogP) is -0.0950. The summed E-state index contributed by atoms with van der Waals surface area (Å²) in [5, 5.41) is 38.6. The second-order valence-electron chi connectivity index (χ2n) is 8.09. The highest BCUT2D eigenvalue weighted by Crippen LogP contribution is 2.48. The van der Waals surface area contributed by atoms with Crippen LogP contribution >= 0.6 is 0 Å². The van der Waals surface area contributed by atoms with E-state index in [-0.39, 0.29) is 12.2 Å². The third-order valence-corrected chi connectivity index (χ3v) is 6.28. The molecule has 1 aliphatic carbocycles. The molecule has 2 rings (SSSR count). The van der Waals surface area contributed by atoms with Crippen molar-refractivity contribution in [2.24, 2.45) is 5.73 Å². The highest BCUT2D eigenvalue weighted by atomic mass is 16.4. The highest BCUT2D eigenvalue weighted by molar-refractivity contribution is 5.94. The number of carbonyl (C=O) groups excluding carboxylic acids is 2. The van der Waals surface area contributed by atoms with Crippen LogP contribution in [0.15, 0.2) is 24.3 Å². The number of hydrogen-bond acceptors (Lipinski definition) is 7. The number of rotatable bonds is 6. The summed E-state index contributed by atoms with van der Waals surface area (Å²) < 4.78 is 0. The smallest absolute Gasteiger partial charge is 0.317 e. The van der Waals surface area contributed by atoms with Crippen molar-refractivity contribution in [3.63, 3.8) is 0 Å². The fraction of sp³-hybridized carbons (Fsp3) is 0.600. The Morgan fingerprint density at radius 2 is 1.90 bits per heavy atom. The number of nitrogens with two attached hydrogens (primary N) is 1.